The Morgan fingerprint density at radius 2 is 1.45 bits per heavy atom. The number of rotatable bonds is 2. The van der Waals surface area contributed by atoms with Gasteiger partial charge in [0.25, 0.3) is 0 Å². The van der Waals surface area contributed by atoms with Gasteiger partial charge in [-0.25, -0.2) is 0 Å². The Bertz CT molecular complexity index is 542. The number of hydrogen-bond donors (Lipinski definition) is 0. The van der Waals surface area contributed by atoms with E-state index in [1.165, 1.54) is 0 Å². The molecule has 1 aliphatic rings. The number of benzene rings is 1. The minimum atomic E-state index is -10.1. The quantitative estimate of drug-likeness (QED) is 0.454. The van der Waals surface area contributed by atoms with Crippen LogP contribution in [0.3, 0.4) is 0 Å². The summed E-state index contributed by atoms with van der Waals surface area (Å²) in [7, 11) is -10.1. The molecule has 1 aliphatic heterocycles. The number of morpholine rings is 1. The Labute approximate surface area is 110 Å². The molecule has 1 aromatic rings. The molecule has 1 aromatic carbocycles. The van der Waals surface area contributed by atoms with Crippen molar-refractivity contribution in [3.8, 4) is 0 Å². The molecule has 1 fully saturated rings. The molecule has 0 radical (unpaired) electrons. The fraction of sp³-hybridized carbons (Fsp3) is 0.364. The molecule has 0 N–H and O–H groups in total. The summed E-state index contributed by atoms with van der Waals surface area (Å²) >= 11 is 0. The fourth-order valence-corrected chi connectivity index (χ4v) is 3.44. The molecule has 0 aliphatic carbocycles. The van der Waals surface area contributed by atoms with E-state index in [4.69, 9.17) is 4.74 Å². The van der Waals surface area contributed by atoms with E-state index in [1.54, 1.807) is 0 Å². The van der Waals surface area contributed by atoms with Crippen molar-refractivity contribution in [2.24, 2.45) is 0 Å². The molecule has 0 amide bonds. The summed E-state index contributed by atoms with van der Waals surface area (Å²) in [6.07, 6.45) is 0. The topological polar surface area (TPSA) is 12.2 Å². The molecular formula is C11H12F6NOP. The van der Waals surface area contributed by atoms with Crippen molar-refractivity contribution in [1.29, 1.82) is 0 Å². The molecule has 0 bridgehead atoms. The van der Waals surface area contributed by atoms with Crippen molar-refractivity contribution in [2.45, 2.75) is 0 Å². The normalized spacial score (nSPS) is 20.2. The van der Waals surface area contributed by atoms with E-state index in [-0.39, 0.29) is 26.3 Å². The third kappa shape index (κ3) is 3.49. The van der Waals surface area contributed by atoms with Gasteiger partial charge in [0, 0.05) is 0 Å². The van der Waals surface area contributed by atoms with Crippen LogP contribution in [0.5, 0.6) is 0 Å². The van der Waals surface area contributed by atoms with Crippen molar-refractivity contribution >= 4 is 13.0 Å². The van der Waals surface area contributed by atoms with Crippen LogP contribution in [-0.4, -0.2) is 36.3 Å². The van der Waals surface area contributed by atoms with E-state index in [1.807, 2.05) is 0 Å². The van der Waals surface area contributed by atoms with Gasteiger partial charge in [0.2, 0.25) is 0 Å². The molecular weight excluding hydrogens is 307 g/mol. The molecule has 0 atom stereocenters. The zero-order valence-corrected chi connectivity index (χ0v) is 11.1. The van der Waals surface area contributed by atoms with E-state index < -0.39 is 24.3 Å². The summed E-state index contributed by atoms with van der Waals surface area (Å²) < 4.78 is 84.5. The van der Waals surface area contributed by atoms with Crippen LogP contribution in [-0.2, 0) is 4.74 Å². The van der Waals surface area contributed by atoms with Gasteiger partial charge in [-0.05, 0) is 0 Å². The van der Waals surface area contributed by atoms with Crippen LogP contribution < -0.4 is 0 Å². The van der Waals surface area contributed by atoms with E-state index in [2.05, 4.69) is 0 Å². The summed E-state index contributed by atoms with van der Waals surface area (Å²) in [5.41, 5.74) is -2.69. The predicted octanol–water partition coefficient (Wildman–Crippen LogP) is 4.13. The van der Waals surface area contributed by atoms with Gasteiger partial charge in [-0.2, -0.15) is 0 Å². The van der Waals surface area contributed by atoms with Gasteiger partial charge in [0.05, 0.1) is 0 Å². The Hall–Kier alpha value is -1.14. The Balaban J connectivity index is 2.66. The zero-order chi connectivity index (χ0) is 15.1. The van der Waals surface area contributed by atoms with Gasteiger partial charge < -0.3 is 0 Å². The monoisotopic (exact) mass is 319 g/mol. The first kappa shape index (κ1) is 15.3. The second-order valence-corrected chi connectivity index (χ2v) is 7.04. The van der Waals surface area contributed by atoms with E-state index in [0.29, 0.717) is 16.7 Å². The van der Waals surface area contributed by atoms with Crippen molar-refractivity contribution in [3.05, 3.63) is 35.6 Å². The van der Waals surface area contributed by atoms with Crippen LogP contribution in [0.15, 0.2) is 24.3 Å². The summed E-state index contributed by atoms with van der Waals surface area (Å²) in [4.78, 5) is 0. The van der Waals surface area contributed by atoms with Crippen molar-refractivity contribution in [2.75, 3.05) is 26.3 Å². The van der Waals surface area contributed by atoms with Crippen LogP contribution >= 0.6 is 7.50 Å². The van der Waals surface area contributed by atoms with Crippen molar-refractivity contribution < 1.29 is 34.7 Å². The van der Waals surface area contributed by atoms with Gasteiger partial charge in [-0.3, -0.25) is 0 Å². The molecule has 2 nitrogen and oxygen atoms in total. The maximum absolute atomic E-state index is 13.3. The average molecular weight is 319 g/mol. The first-order chi connectivity index (χ1) is 8.97. The van der Waals surface area contributed by atoms with Crippen LogP contribution in [0.4, 0.5) is 25.4 Å². The minimum absolute atomic E-state index is 0.0679. The van der Waals surface area contributed by atoms with Crippen LogP contribution in [0.1, 0.15) is 5.56 Å². The first-order valence-electron chi connectivity index (χ1n) is 5.76. The third-order valence-corrected chi connectivity index (χ3v) is 4.15. The van der Waals surface area contributed by atoms with Gasteiger partial charge in [0.15, 0.2) is 0 Å². The second kappa shape index (κ2) is 4.18. The van der Waals surface area contributed by atoms with Crippen molar-refractivity contribution in [3.63, 3.8) is 0 Å². The zero-order valence-electron chi connectivity index (χ0n) is 10.2. The molecule has 9 heteroatoms. The van der Waals surface area contributed by atoms with Gasteiger partial charge in [-0.1, -0.05) is 0 Å². The van der Waals surface area contributed by atoms with Crippen LogP contribution in [0.2, 0.25) is 0 Å². The number of ether oxygens (including phenoxy) is 1. The van der Waals surface area contributed by atoms with Gasteiger partial charge in [0.1, 0.15) is 0 Å². The molecule has 0 spiro atoms. The molecule has 0 unspecified atom stereocenters. The number of halogens is 6. The Morgan fingerprint density at radius 1 is 0.950 bits per heavy atom. The van der Waals surface area contributed by atoms with Gasteiger partial charge >= 0.3 is 110 Å². The molecule has 1 saturated heterocycles. The first-order valence-corrected chi connectivity index (χ1v) is 7.90. The Kier molecular flexibility index (Phi) is 3.19. The maximum atomic E-state index is 13.3. The second-order valence-electron chi connectivity index (χ2n) is 4.49. The SMILES string of the molecule is Fc1ccc(C(=[N+]2CCOCC2)[P-](F)(F)(F)(F)F)cc1. The van der Waals surface area contributed by atoms with E-state index in [9.17, 15) is 25.4 Å². The number of nitrogens with zero attached hydrogens (tertiary/aromatic N) is 1. The molecule has 0 saturated carbocycles. The van der Waals surface area contributed by atoms with Crippen LogP contribution in [0, 0.1) is 5.82 Å². The molecule has 2 rings (SSSR count). The third-order valence-electron chi connectivity index (χ3n) is 2.81. The summed E-state index contributed by atoms with van der Waals surface area (Å²) in [5, 5.41) is 0. The number of hydrogen-bond acceptors (Lipinski definition) is 1. The summed E-state index contributed by atoms with van der Waals surface area (Å²) in [5.74, 6) is -0.792. The summed E-state index contributed by atoms with van der Waals surface area (Å²) in [6, 6.07) is 2.87. The standard InChI is InChI=1S/C11H12F6NOP/c12-10-3-1-9(2-4-10)11(20(13,14,15,16)17)18-5-7-19-8-6-18/h1-4H,5-8H2. The molecule has 20 heavy (non-hydrogen) atoms. The van der Waals surface area contributed by atoms with Gasteiger partial charge in [-0.15, -0.1) is 0 Å². The van der Waals surface area contributed by atoms with E-state index in [0.717, 1.165) is 12.1 Å². The Morgan fingerprint density at radius 3 is 1.90 bits per heavy atom. The average Bonchev–Trinajstić information content (AvgIpc) is 2.30. The summed E-state index contributed by atoms with van der Waals surface area (Å²) in [6.45, 7) is -0.713. The van der Waals surface area contributed by atoms with Crippen molar-refractivity contribution in [1.82, 2.24) is 0 Å². The molecule has 0 aromatic heterocycles. The molecule has 114 valence electrons. The fourth-order valence-electron chi connectivity index (χ4n) is 2.07. The van der Waals surface area contributed by atoms with Crippen LogP contribution in [0.25, 0.3) is 0 Å². The molecule has 1 heterocycles. The predicted molar refractivity (Wildman–Crippen MR) is 63.8 cm³/mol. The van der Waals surface area contributed by atoms with E-state index >= 15 is 0 Å².